The smallest absolute Gasteiger partial charge is 0.169 e. The summed E-state index contributed by atoms with van der Waals surface area (Å²) in [7, 11) is 0. The first-order valence-corrected chi connectivity index (χ1v) is 7.88. The van der Waals surface area contributed by atoms with Crippen LogP contribution in [0.5, 0.6) is 0 Å². The SMILES string of the molecule is CC(C)c1ccc(NCc2ccc(Br)o2)c(C(C)C)c1. The fourth-order valence-electron chi connectivity index (χ4n) is 2.21. The minimum absolute atomic E-state index is 0.500. The van der Waals surface area contributed by atoms with Crippen LogP contribution in [0.4, 0.5) is 5.69 Å². The quantitative estimate of drug-likeness (QED) is 0.735. The van der Waals surface area contributed by atoms with Gasteiger partial charge in [0.1, 0.15) is 5.76 Å². The molecule has 1 heterocycles. The van der Waals surface area contributed by atoms with E-state index in [2.05, 4.69) is 67.1 Å². The maximum Gasteiger partial charge on any atom is 0.169 e. The van der Waals surface area contributed by atoms with Crippen molar-refractivity contribution >= 4 is 21.6 Å². The Kier molecular flexibility index (Phi) is 4.92. The first kappa shape index (κ1) is 15.2. The van der Waals surface area contributed by atoms with Gasteiger partial charge in [-0.15, -0.1) is 0 Å². The standard InChI is InChI=1S/C17H22BrNO/c1-11(2)13-5-7-16(15(9-13)12(3)4)19-10-14-6-8-17(18)20-14/h5-9,11-12,19H,10H2,1-4H3. The van der Waals surface area contributed by atoms with Crippen LogP contribution in [0, 0.1) is 0 Å². The van der Waals surface area contributed by atoms with Crippen LogP contribution in [0.3, 0.4) is 0 Å². The molecule has 0 aliphatic rings. The monoisotopic (exact) mass is 335 g/mol. The maximum absolute atomic E-state index is 5.52. The van der Waals surface area contributed by atoms with Crippen molar-refractivity contribution in [1.82, 2.24) is 0 Å². The summed E-state index contributed by atoms with van der Waals surface area (Å²) in [5.74, 6) is 1.99. The lowest BCUT2D eigenvalue weighted by Crippen LogP contribution is -2.04. The lowest BCUT2D eigenvalue weighted by molar-refractivity contribution is 0.495. The van der Waals surface area contributed by atoms with E-state index in [-0.39, 0.29) is 0 Å². The summed E-state index contributed by atoms with van der Waals surface area (Å²) < 4.78 is 6.29. The van der Waals surface area contributed by atoms with E-state index in [9.17, 15) is 0 Å². The number of hydrogen-bond acceptors (Lipinski definition) is 2. The molecule has 0 radical (unpaired) electrons. The highest BCUT2D eigenvalue weighted by Gasteiger charge is 2.10. The highest BCUT2D eigenvalue weighted by molar-refractivity contribution is 9.10. The average Bonchev–Trinajstić information content (AvgIpc) is 2.81. The van der Waals surface area contributed by atoms with E-state index in [1.165, 1.54) is 16.8 Å². The molecule has 0 aliphatic heterocycles. The third kappa shape index (κ3) is 3.66. The number of anilines is 1. The minimum Gasteiger partial charge on any atom is -0.452 e. The molecule has 0 atom stereocenters. The highest BCUT2D eigenvalue weighted by Crippen LogP contribution is 2.29. The summed E-state index contributed by atoms with van der Waals surface area (Å²) in [5, 5.41) is 3.48. The second kappa shape index (κ2) is 6.49. The minimum atomic E-state index is 0.500. The molecule has 20 heavy (non-hydrogen) atoms. The summed E-state index contributed by atoms with van der Waals surface area (Å²) in [6.45, 7) is 9.62. The Labute approximate surface area is 129 Å². The van der Waals surface area contributed by atoms with Crippen LogP contribution in [0.25, 0.3) is 0 Å². The van der Waals surface area contributed by atoms with Crippen molar-refractivity contribution in [3.63, 3.8) is 0 Å². The van der Waals surface area contributed by atoms with Gasteiger partial charge in [-0.3, -0.25) is 0 Å². The molecule has 0 amide bonds. The van der Waals surface area contributed by atoms with E-state index in [1.54, 1.807) is 0 Å². The van der Waals surface area contributed by atoms with Gasteiger partial charge in [-0.1, -0.05) is 39.8 Å². The van der Waals surface area contributed by atoms with Crippen LogP contribution in [-0.4, -0.2) is 0 Å². The Morgan fingerprint density at radius 1 is 1.05 bits per heavy atom. The van der Waals surface area contributed by atoms with Gasteiger partial charge in [0.2, 0.25) is 0 Å². The Hall–Kier alpha value is -1.22. The van der Waals surface area contributed by atoms with E-state index in [0.717, 1.165) is 10.4 Å². The van der Waals surface area contributed by atoms with Gasteiger partial charge in [-0.2, -0.15) is 0 Å². The molecule has 0 spiro atoms. The molecule has 3 heteroatoms. The molecule has 0 aliphatic carbocycles. The van der Waals surface area contributed by atoms with Gasteiger partial charge in [0.15, 0.2) is 4.67 Å². The highest BCUT2D eigenvalue weighted by atomic mass is 79.9. The second-order valence-corrected chi connectivity index (χ2v) is 6.50. The van der Waals surface area contributed by atoms with E-state index in [0.29, 0.717) is 18.4 Å². The van der Waals surface area contributed by atoms with Gasteiger partial charge in [-0.05, 0) is 57.1 Å². The third-order valence-electron chi connectivity index (χ3n) is 3.45. The van der Waals surface area contributed by atoms with Crippen molar-refractivity contribution < 1.29 is 4.42 Å². The predicted molar refractivity (Wildman–Crippen MR) is 88.4 cm³/mol. The largest absolute Gasteiger partial charge is 0.452 e. The molecule has 0 saturated carbocycles. The summed E-state index contributed by atoms with van der Waals surface area (Å²) in [5.41, 5.74) is 3.94. The van der Waals surface area contributed by atoms with Crippen molar-refractivity contribution in [3.05, 3.63) is 51.9 Å². The lowest BCUT2D eigenvalue weighted by atomic mass is 9.94. The van der Waals surface area contributed by atoms with Crippen LogP contribution in [-0.2, 0) is 6.54 Å². The number of hydrogen-bond donors (Lipinski definition) is 1. The summed E-state index contributed by atoms with van der Waals surface area (Å²) in [6, 6.07) is 10.6. The second-order valence-electron chi connectivity index (χ2n) is 5.72. The van der Waals surface area contributed by atoms with E-state index in [1.807, 2.05) is 12.1 Å². The predicted octanol–water partition coefficient (Wildman–Crippen LogP) is 5.90. The summed E-state index contributed by atoms with van der Waals surface area (Å²) in [4.78, 5) is 0. The molecule has 1 aromatic carbocycles. The molecule has 108 valence electrons. The topological polar surface area (TPSA) is 25.2 Å². The number of furan rings is 1. The van der Waals surface area contributed by atoms with Gasteiger partial charge in [0, 0.05) is 5.69 Å². The fraction of sp³-hybridized carbons (Fsp3) is 0.412. The molecular formula is C17H22BrNO. The average molecular weight is 336 g/mol. The zero-order valence-corrected chi connectivity index (χ0v) is 14.1. The van der Waals surface area contributed by atoms with Gasteiger partial charge in [-0.25, -0.2) is 0 Å². The molecule has 0 fully saturated rings. The normalized spacial score (nSPS) is 11.3. The molecule has 1 N–H and O–H groups in total. The number of nitrogens with one attached hydrogen (secondary N) is 1. The third-order valence-corrected chi connectivity index (χ3v) is 3.87. The van der Waals surface area contributed by atoms with Gasteiger partial charge >= 0.3 is 0 Å². The Morgan fingerprint density at radius 2 is 1.80 bits per heavy atom. The van der Waals surface area contributed by atoms with E-state index in [4.69, 9.17) is 4.42 Å². The Bertz CT molecular complexity index is 572. The molecular weight excluding hydrogens is 314 g/mol. The van der Waals surface area contributed by atoms with Crippen LogP contribution in [0.1, 0.15) is 56.4 Å². The number of halogens is 1. The van der Waals surface area contributed by atoms with Crippen molar-refractivity contribution in [2.75, 3.05) is 5.32 Å². The van der Waals surface area contributed by atoms with Gasteiger partial charge < -0.3 is 9.73 Å². The molecule has 1 aromatic heterocycles. The Balaban J connectivity index is 2.18. The van der Waals surface area contributed by atoms with E-state index < -0.39 is 0 Å². The first-order chi connectivity index (χ1) is 9.47. The van der Waals surface area contributed by atoms with Crippen LogP contribution in [0.2, 0.25) is 0 Å². The van der Waals surface area contributed by atoms with Crippen LogP contribution < -0.4 is 5.32 Å². The van der Waals surface area contributed by atoms with Crippen LogP contribution >= 0.6 is 15.9 Å². The molecule has 0 bridgehead atoms. The Morgan fingerprint density at radius 3 is 2.35 bits per heavy atom. The molecule has 0 saturated heterocycles. The first-order valence-electron chi connectivity index (χ1n) is 7.09. The summed E-state index contributed by atoms with van der Waals surface area (Å²) >= 11 is 3.33. The lowest BCUT2D eigenvalue weighted by Gasteiger charge is -2.17. The molecule has 2 rings (SSSR count). The zero-order chi connectivity index (χ0) is 14.7. The van der Waals surface area contributed by atoms with Crippen LogP contribution in [0.15, 0.2) is 39.4 Å². The molecule has 2 aromatic rings. The molecule has 2 nitrogen and oxygen atoms in total. The fourth-order valence-corrected chi connectivity index (χ4v) is 2.55. The van der Waals surface area contributed by atoms with Gasteiger partial charge in [0.05, 0.1) is 6.54 Å². The summed E-state index contributed by atoms with van der Waals surface area (Å²) in [6.07, 6.45) is 0. The molecule has 0 unspecified atom stereocenters. The van der Waals surface area contributed by atoms with Crippen molar-refractivity contribution in [2.45, 2.75) is 46.1 Å². The zero-order valence-electron chi connectivity index (χ0n) is 12.5. The van der Waals surface area contributed by atoms with Crippen molar-refractivity contribution in [3.8, 4) is 0 Å². The van der Waals surface area contributed by atoms with E-state index >= 15 is 0 Å². The van der Waals surface area contributed by atoms with Crippen molar-refractivity contribution in [1.29, 1.82) is 0 Å². The number of rotatable bonds is 5. The number of benzene rings is 1. The maximum atomic E-state index is 5.52. The van der Waals surface area contributed by atoms with Gasteiger partial charge in [0.25, 0.3) is 0 Å². The van der Waals surface area contributed by atoms with Crippen molar-refractivity contribution in [2.24, 2.45) is 0 Å².